The van der Waals surface area contributed by atoms with Gasteiger partial charge in [-0.15, -0.1) is 10.2 Å². The largest absolute Gasteiger partial charge is 0.495 e. The molecular formula is C47H47F8N7O7. The van der Waals surface area contributed by atoms with Crippen molar-refractivity contribution < 1.29 is 68.2 Å². The molecule has 4 aromatic carbocycles. The molecule has 0 saturated carbocycles. The molecule has 0 radical (unpaired) electrons. The number of piperidine rings is 2. The Hall–Kier alpha value is -7.26. The summed E-state index contributed by atoms with van der Waals surface area (Å²) < 4.78 is 121. The maximum Gasteiger partial charge on any atom is 0.471 e. The van der Waals surface area contributed by atoms with Crippen LogP contribution in [0.2, 0.25) is 0 Å². The number of methoxy groups -OCH3 is 2. The first-order chi connectivity index (χ1) is 32.9. The number of amides is 5. The van der Waals surface area contributed by atoms with Crippen LogP contribution in [0.4, 0.5) is 56.1 Å². The molecule has 0 bridgehead atoms. The number of anilines is 2. The standard InChI is InChI=1S/C24H25F4N3O4.C23H22F4N4O3/c1-35-21-8-4-3-7-19(21)31(23(34)30-11-5-2-6-12-30)15-17-10-9-16(13-18(17)25)20(32)14-29-22(33)24(26,27)28;1-33-19-8-4-3-7-18(19)31(22(32)30-11-5-2-6-12-30)14-16-10-9-15(13-17(16)24)20-28-29-21(34-20)23(25,26)27/h3-4,7-10,13H,2,5-6,11-12,14-15H2,1H3,(H,29,33);3-4,7-10,13H,2,5-6,11-12,14H2,1H3. The molecule has 2 aliphatic rings. The number of likely N-dealkylation sites (tertiary alicyclic amines) is 2. The van der Waals surface area contributed by atoms with E-state index in [2.05, 4.69) is 14.6 Å². The molecule has 0 unspecified atom stereocenters. The fourth-order valence-electron chi connectivity index (χ4n) is 7.54. The molecule has 69 heavy (non-hydrogen) atoms. The van der Waals surface area contributed by atoms with E-state index in [1.165, 1.54) is 53.6 Å². The number of hydrogen-bond acceptors (Lipinski definition) is 9. The van der Waals surface area contributed by atoms with Crippen LogP contribution in [-0.4, -0.2) is 96.9 Å². The minimum Gasteiger partial charge on any atom is -0.495 e. The monoisotopic (exact) mass is 973 g/mol. The van der Waals surface area contributed by atoms with Gasteiger partial charge in [0.2, 0.25) is 5.89 Å². The van der Waals surface area contributed by atoms with E-state index in [1.807, 2.05) is 0 Å². The number of nitrogens with zero attached hydrogens (tertiary/aromatic N) is 6. The fourth-order valence-corrected chi connectivity index (χ4v) is 7.54. The summed E-state index contributed by atoms with van der Waals surface area (Å²) in [5.41, 5.74) is 0.971. The number of rotatable bonds is 12. The van der Waals surface area contributed by atoms with Crippen LogP contribution in [0.15, 0.2) is 89.3 Å². The maximum absolute atomic E-state index is 15.0. The lowest BCUT2D eigenvalue weighted by atomic mass is 10.1. The third kappa shape index (κ3) is 13.0. The zero-order valence-corrected chi connectivity index (χ0v) is 37.3. The number of halogens is 8. The minimum atomic E-state index is -5.13. The average molecular weight is 974 g/mol. The summed E-state index contributed by atoms with van der Waals surface area (Å²) in [4.78, 5) is 56.1. The predicted molar refractivity (Wildman–Crippen MR) is 234 cm³/mol. The first kappa shape index (κ1) is 51.1. The first-order valence-electron chi connectivity index (χ1n) is 21.6. The third-order valence-corrected chi connectivity index (χ3v) is 11.1. The summed E-state index contributed by atoms with van der Waals surface area (Å²) in [5.74, 6) is -5.78. The summed E-state index contributed by atoms with van der Waals surface area (Å²) in [7, 11) is 2.94. The molecule has 1 N–H and O–H groups in total. The number of benzene rings is 4. The van der Waals surface area contributed by atoms with E-state index >= 15 is 4.39 Å². The summed E-state index contributed by atoms with van der Waals surface area (Å²) in [5, 5.41) is 7.78. The van der Waals surface area contributed by atoms with Crippen molar-refractivity contribution in [3.8, 4) is 23.0 Å². The van der Waals surface area contributed by atoms with Gasteiger partial charge in [0.05, 0.1) is 45.2 Å². The van der Waals surface area contributed by atoms with Gasteiger partial charge in [-0.2, -0.15) is 26.3 Å². The Morgan fingerprint density at radius 2 is 1.13 bits per heavy atom. The lowest BCUT2D eigenvalue weighted by molar-refractivity contribution is -0.173. The van der Waals surface area contributed by atoms with Crippen molar-refractivity contribution in [2.75, 3.05) is 56.7 Å². The molecule has 0 atom stereocenters. The van der Waals surface area contributed by atoms with Gasteiger partial charge in [0.1, 0.15) is 23.1 Å². The lowest BCUT2D eigenvalue weighted by Gasteiger charge is -2.33. The molecule has 2 aliphatic heterocycles. The Bertz CT molecular complexity index is 2600. The Balaban J connectivity index is 0.000000227. The van der Waals surface area contributed by atoms with Gasteiger partial charge < -0.3 is 29.0 Å². The molecular weight excluding hydrogens is 927 g/mol. The summed E-state index contributed by atoms with van der Waals surface area (Å²) in [6.07, 6.45) is -4.36. The van der Waals surface area contributed by atoms with Gasteiger partial charge >= 0.3 is 36.2 Å². The van der Waals surface area contributed by atoms with E-state index < -0.39 is 54.0 Å². The van der Waals surface area contributed by atoms with Crippen LogP contribution in [0.25, 0.3) is 11.5 Å². The number of para-hydroxylation sites is 4. The van der Waals surface area contributed by atoms with E-state index in [1.54, 1.807) is 58.3 Å². The van der Waals surface area contributed by atoms with E-state index in [0.29, 0.717) is 49.1 Å². The van der Waals surface area contributed by atoms with Crippen LogP contribution >= 0.6 is 0 Å². The van der Waals surface area contributed by atoms with Crippen LogP contribution in [-0.2, 0) is 24.1 Å². The Labute approximate surface area is 390 Å². The molecule has 2 fully saturated rings. The number of nitrogens with one attached hydrogen (secondary N) is 1. The third-order valence-electron chi connectivity index (χ3n) is 11.1. The van der Waals surface area contributed by atoms with E-state index in [0.717, 1.165) is 50.7 Å². The van der Waals surface area contributed by atoms with Gasteiger partial charge in [0, 0.05) is 48.4 Å². The number of hydrogen-bond donors (Lipinski definition) is 1. The molecule has 14 nitrogen and oxygen atoms in total. The highest BCUT2D eigenvalue weighted by Crippen LogP contribution is 2.34. The summed E-state index contributed by atoms with van der Waals surface area (Å²) in [6.45, 7) is 1.14. The van der Waals surface area contributed by atoms with Gasteiger partial charge in [0.15, 0.2) is 5.78 Å². The summed E-state index contributed by atoms with van der Waals surface area (Å²) >= 11 is 0. The second-order valence-corrected chi connectivity index (χ2v) is 15.8. The van der Waals surface area contributed by atoms with Crippen LogP contribution in [0, 0.1) is 11.6 Å². The smallest absolute Gasteiger partial charge is 0.471 e. The van der Waals surface area contributed by atoms with Gasteiger partial charge in [-0.1, -0.05) is 42.5 Å². The van der Waals surface area contributed by atoms with Crippen LogP contribution < -0.4 is 24.6 Å². The molecule has 368 valence electrons. The number of carbonyl (C=O) groups excluding carboxylic acids is 4. The molecule has 1 aromatic heterocycles. The summed E-state index contributed by atoms with van der Waals surface area (Å²) in [6, 6.07) is 20.3. The Kier molecular flexibility index (Phi) is 16.8. The predicted octanol–water partition coefficient (Wildman–Crippen LogP) is 9.82. The number of aromatic nitrogens is 2. The molecule has 5 aromatic rings. The average Bonchev–Trinajstić information content (AvgIpc) is 3.87. The van der Waals surface area contributed by atoms with Crippen molar-refractivity contribution in [2.24, 2.45) is 0 Å². The van der Waals surface area contributed by atoms with Gasteiger partial charge in [0.25, 0.3) is 0 Å². The van der Waals surface area contributed by atoms with Crippen molar-refractivity contribution >= 4 is 35.1 Å². The van der Waals surface area contributed by atoms with Gasteiger partial charge in [-0.05, 0) is 81.0 Å². The molecule has 7 rings (SSSR count). The molecule has 0 spiro atoms. The fraction of sp³-hybridized carbons (Fsp3) is 0.362. The van der Waals surface area contributed by atoms with Crippen molar-refractivity contribution in [1.29, 1.82) is 0 Å². The highest BCUT2D eigenvalue weighted by atomic mass is 19.4. The molecule has 5 amide bonds. The SMILES string of the molecule is COc1ccccc1N(Cc1ccc(-c2nnc(C(F)(F)F)o2)cc1F)C(=O)N1CCCCC1.COc1ccccc1N(Cc1ccc(C(=O)CNC(=O)C(F)(F)F)cc1F)C(=O)N1CCCCC1. The number of ketones is 1. The first-order valence-corrected chi connectivity index (χ1v) is 21.6. The molecule has 3 heterocycles. The van der Waals surface area contributed by atoms with Crippen LogP contribution in [0.5, 0.6) is 11.5 Å². The van der Waals surface area contributed by atoms with Gasteiger partial charge in [-0.3, -0.25) is 19.4 Å². The number of urea groups is 2. The second kappa shape index (κ2) is 22.7. The zero-order valence-electron chi connectivity index (χ0n) is 37.3. The minimum absolute atomic E-state index is 0.00421. The lowest BCUT2D eigenvalue weighted by Crippen LogP contribution is -2.45. The normalized spacial score (nSPS) is 14.0. The number of Topliss-reactive ketones (excluding diaryl/α,β-unsaturated/α-hetero) is 1. The van der Waals surface area contributed by atoms with Crippen molar-refractivity contribution in [1.82, 2.24) is 25.3 Å². The van der Waals surface area contributed by atoms with Crippen molar-refractivity contribution in [3.63, 3.8) is 0 Å². The second-order valence-electron chi connectivity index (χ2n) is 15.8. The maximum atomic E-state index is 15.0. The van der Waals surface area contributed by atoms with E-state index in [-0.39, 0.29) is 47.4 Å². The number of carbonyl (C=O) groups is 4. The van der Waals surface area contributed by atoms with Gasteiger partial charge in [-0.25, -0.2) is 18.4 Å². The Morgan fingerprint density at radius 3 is 1.57 bits per heavy atom. The zero-order chi connectivity index (χ0) is 49.9. The topological polar surface area (TPSA) is 151 Å². The highest BCUT2D eigenvalue weighted by molar-refractivity contribution is 6.00. The van der Waals surface area contributed by atoms with Crippen LogP contribution in [0.3, 0.4) is 0 Å². The Morgan fingerprint density at radius 1 is 0.652 bits per heavy atom. The number of ether oxygens (including phenoxy) is 2. The molecule has 2 saturated heterocycles. The number of alkyl halides is 6. The van der Waals surface area contributed by atoms with Crippen molar-refractivity contribution in [2.45, 2.75) is 64.0 Å². The van der Waals surface area contributed by atoms with Crippen molar-refractivity contribution in [3.05, 3.63) is 119 Å². The quantitative estimate of drug-likeness (QED) is 0.0952. The van der Waals surface area contributed by atoms with Crippen LogP contribution in [0.1, 0.15) is 65.9 Å². The van der Waals surface area contributed by atoms with E-state index in [4.69, 9.17) is 9.47 Å². The highest BCUT2D eigenvalue weighted by Gasteiger charge is 2.39. The molecule has 0 aliphatic carbocycles. The van der Waals surface area contributed by atoms with E-state index in [9.17, 15) is 49.9 Å². The molecule has 22 heteroatoms.